The van der Waals surface area contributed by atoms with Gasteiger partial charge >= 0.3 is 0 Å². The van der Waals surface area contributed by atoms with Crippen molar-refractivity contribution in [3.8, 4) is 11.5 Å². The molecule has 1 N–H and O–H groups in total. The molecule has 2 aromatic carbocycles. The van der Waals surface area contributed by atoms with E-state index >= 15 is 0 Å². The molecular formula is C22H27ClN2O5S. The molecule has 0 unspecified atom stereocenters. The van der Waals surface area contributed by atoms with Crippen LogP contribution in [0.25, 0.3) is 0 Å². The Kier molecular flexibility index (Phi) is 7.80. The van der Waals surface area contributed by atoms with Crippen molar-refractivity contribution in [2.24, 2.45) is 5.92 Å². The smallest absolute Gasteiger partial charge is 0.243 e. The van der Waals surface area contributed by atoms with Gasteiger partial charge in [-0.1, -0.05) is 29.8 Å². The molecule has 168 valence electrons. The first kappa shape index (κ1) is 23.4. The highest BCUT2D eigenvalue weighted by Gasteiger charge is 2.33. The number of piperidine rings is 1. The lowest BCUT2D eigenvalue weighted by Gasteiger charge is -2.31. The number of halogens is 1. The van der Waals surface area contributed by atoms with Crippen LogP contribution in [0.5, 0.6) is 11.5 Å². The van der Waals surface area contributed by atoms with E-state index in [1.165, 1.54) is 16.4 Å². The topological polar surface area (TPSA) is 84.9 Å². The van der Waals surface area contributed by atoms with E-state index in [2.05, 4.69) is 5.32 Å². The van der Waals surface area contributed by atoms with Crippen molar-refractivity contribution in [2.75, 3.05) is 26.8 Å². The predicted octanol–water partition coefficient (Wildman–Crippen LogP) is 3.46. The number of amides is 1. The van der Waals surface area contributed by atoms with Gasteiger partial charge in [-0.2, -0.15) is 4.31 Å². The maximum atomic E-state index is 13.1. The Morgan fingerprint density at radius 3 is 2.71 bits per heavy atom. The van der Waals surface area contributed by atoms with Crippen LogP contribution in [0.15, 0.2) is 47.4 Å². The molecule has 2 aromatic rings. The van der Waals surface area contributed by atoms with Gasteiger partial charge in [0.25, 0.3) is 0 Å². The summed E-state index contributed by atoms with van der Waals surface area (Å²) in [6.07, 6.45) is 1.24. The molecule has 9 heteroatoms. The summed E-state index contributed by atoms with van der Waals surface area (Å²) in [7, 11) is -2.19. The Labute approximate surface area is 188 Å². The van der Waals surface area contributed by atoms with E-state index in [0.717, 1.165) is 5.56 Å². The minimum atomic E-state index is -3.77. The second-order valence-corrected chi connectivity index (χ2v) is 9.60. The number of carbonyl (C=O) groups excluding carboxylic acids is 1. The Morgan fingerprint density at radius 1 is 1.23 bits per heavy atom. The van der Waals surface area contributed by atoms with E-state index in [-0.39, 0.29) is 22.4 Å². The number of rotatable bonds is 8. The second kappa shape index (κ2) is 10.3. The van der Waals surface area contributed by atoms with Crippen LogP contribution in [0, 0.1) is 5.92 Å². The van der Waals surface area contributed by atoms with Gasteiger partial charge in [-0.3, -0.25) is 4.79 Å². The monoisotopic (exact) mass is 466 g/mol. The lowest BCUT2D eigenvalue weighted by molar-refractivity contribution is -0.126. The Bertz CT molecular complexity index is 1030. The molecule has 0 radical (unpaired) electrons. The Balaban J connectivity index is 1.67. The first-order valence-corrected chi connectivity index (χ1v) is 12.0. The van der Waals surface area contributed by atoms with Crippen molar-refractivity contribution in [3.05, 3.63) is 53.1 Å². The van der Waals surface area contributed by atoms with Crippen molar-refractivity contribution in [1.29, 1.82) is 0 Å². The van der Waals surface area contributed by atoms with Crippen LogP contribution >= 0.6 is 11.6 Å². The number of hydrogen-bond acceptors (Lipinski definition) is 5. The van der Waals surface area contributed by atoms with E-state index in [0.29, 0.717) is 44.0 Å². The number of sulfonamides is 1. The largest absolute Gasteiger partial charge is 0.496 e. The highest BCUT2D eigenvalue weighted by Crippen LogP contribution is 2.30. The molecule has 1 fully saturated rings. The average molecular weight is 467 g/mol. The van der Waals surface area contributed by atoms with Crippen molar-refractivity contribution in [1.82, 2.24) is 9.62 Å². The molecule has 0 aromatic heterocycles. The van der Waals surface area contributed by atoms with Crippen molar-refractivity contribution in [3.63, 3.8) is 0 Å². The van der Waals surface area contributed by atoms with Gasteiger partial charge in [0.05, 0.1) is 29.6 Å². The molecule has 1 amide bonds. The number of nitrogens with zero attached hydrogens (tertiary/aromatic N) is 1. The third kappa shape index (κ3) is 5.50. The number of ether oxygens (including phenoxy) is 2. The van der Waals surface area contributed by atoms with Crippen LogP contribution in [0.2, 0.25) is 5.02 Å². The fraction of sp³-hybridized carbons (Fsp3) is 0.409. The molecular weight excluding hydrogens is 440 g/mol. The van der Waals surface area contributed by atoms with Gasteiger partial charge in [-0.25, -0.2) is 8.42 Å². The summed E-state index contributed by atoms with van der Waals surface area (Å²) in [5.74, 6) is 0.547. The number of nitrogens with one attached hydrogen (secondary N) is 1. The SMILES string of the molecule is CCOc1ccc(S(=O)(=O)N2CCC[C@H](C(=O)NCc3ccccc3OC)C2)cc1Cl. The van der Waals surface area contributed by atoms with E-state index in [9.17, 15) is 13.2 Å². The molecule has 1 aliphatic heterocycles. The molecule has 1 aliphatic rings. The van der Waals surface area contributed by atoms with E-state index < -0.39 is 15.9 Å². The zero-order chi connectivity index (χ0) is 22.4. The molecule has 0 spiro atoms. The molecule has 3 rings (SSSR count). The van der Waals surface area contributed by atoms with Gasteiger partial charge in [-0.05, 0) is 44.0 Å². The minimum absolute atomic E-state index is 0.0935. The maximum Gasteiger partial charge on any atom is 0.243 e. The molecule has 0 bridgehead atoms. The third-order valence-electron chi connectivity index (χ3n) is 5.24. The fourth-order valence-electron chi connectivity index (χ4n) is 3.61. The highest BCUT2D eigenvalue weighted by atomic mass is 35.5. The predicted molar refractivity (Wildman–Crippen MR) is 119 cm³/mol. The zero-order valence-electron chi connectivity index (χ0n) is 17.6. The third-order valence-corrected chi connectivity index (χ3v) is 7.40. The first-order chi connectivity index (χ1) is 14.9. The van der Waals surface area contributed by atoms with Gasteiger partial charge < -0.3 is 14.8 Å². The van der Waals surface area contributed by atoms with E-state index in [1.54, 1.807) is 13.2 Å². The summed E-state index contributed by atoms with van der Waals surface area (Å²) in [5.41, 5.74) is 0.864. The average Bonchev–Trinajstić information content (AvgIpc) is 2.79. The Hall–Kier alpha value is -2.29. The van der Waals surface area contributed by atoms with Crippen molar-refractivity contribution >= 4 is 27.5 Å². The molecule has 1 saturated heterocycles. The van der Waals surface area contributed by atoms with Crippen molar-refractivity contribution < 1.29 is 22.7 Å². The first-order valence-electron chi connectivity index (χ1n) is 10.2. The molecule has 31 heavy (non-hydrogen) atoms. The van der Waals surface area contributed by atoms with Gasteiger partial charge in [0, 0.05) is 25.2 Å². The summed E-state index contributed by atoms with van der Waals surface area (Å²) in [5, 5.41) is 3.15. The highest BCUT2D eigenvalue weighted by molar-refractivity contribution is 7.89. The number of benzene rings is 2. The number of hydrogen-bond donors (Lipinski definition) is 1. The quantitative estimate of drug-likeness (QED) is 0.644. The standard InChI is InChI=1S/C22H27ClN2O5S/c1-3-30-21-11-10-18(13-19(21)23)31(27,28)25-12-6-8-17(15-25)22(26)24-14-16-7-4-5-9-20(16)29-2/h4-5,7,9-11,13,17H,3,6,8,12,14-15H2,1-2H3,(H,24,26)/t17-/m0/s1. The molecule has 7 nitrogen and oxygen atoms in total. The van der Waals surface area contributed by atoms with Crippen LogP contribution in [0.1, 0.15) is 25.3 Å². The van der Waals surface area contributed by atoms with Crippen LogP contribution in [0.4, 0.5) is 0 Å². The summed E-state index contributed by atoms with van der Waals surface area (Å²) < 4.78 is 38.3. The van der Waals surface area contributed by atoms with Crippen LogP contribution in [-0.4, -0.2) is 45.4 Å². The molecule has 0 aliphatic carbocycles. The van der Waals surface area contributed by atoms with Crippen LogP contribution in [0.3, 0.4) is 0 Å². The number of methoxy groups -OCH3 is 1. The van der Waals surface area contributed by atoms with Gasteiger partial charge in [0.1, 0.15) is 11.5 Å². The van der Waals surface area contributed by atoms with Gasteiger partial charge in [-0.15, -0.1) is 0 Å². The fourth-order valence-corrected chi connectivity index (χ4v) is 5.46. The summed E-state index contributed by atoms with van der Waals surface area (Å²) in [6, 6.07) is 11.9. The summed E-state index contributed by atoms with van der Waals surface area (Å²) in [4.78, 5) is 12.8. The maximum absolute atomic E-state index is 13.1. The van der Waals surface area contributed by atoms with Gasteiger partial charge in [0.2, 0.25) is 15.9 Å². The number of carbonyl (C=O) groups is 1. The lowest BCUT2D eigenvalue weighted by atomic mass is 9.98. The second-order valence-electron chi connectivity index (χ2n) is 7.26. The summed E-state index contributed by atoms with van der Waals surface area (Å²) in [6.45, 7) is 3.08. The van der Waals surface area contributed by atoms with E-state index in [1.807, 2.05) is 31.2 Å². The zero-order valence-corrected chi connectivity index (χ0v) is 19.2. The lowest BCUT2D eigenvalue weighted by Crippen LogP contribution is -2.45. The van der Waals surface area contributed by atoms with Crippen LogP contribution < -0.4 is 14.8 Å². The summed E-state index contributed by atoms with van der Waals surface area (Å²) >= 11 is 6.17. The van der Waals surface area contributed by atoms with Gasteiger partial charge in [0.15, 0.2) is 0 Å². The molecule has 1 heterocycles. The van der Waals surface area contributed by atoms with Crippen molar-refractivity contribution in [2.45, 2.75) is 31.2 Å². The van der Waals surface area contributed by atoms with Crippen LogP contribution in [-0.2, 0) is 21.4 Å². The minimum Gasteiger partial charge on any atom is -0.496 e. The number of para-hydroxylation sites is 1. The van der Waals surface area contributed by atoms with E-state index in [4.69, 9.17) is 21.1 Å². The molecule has 0 saturated carbocycles. The normalized spacial score (nSPS) is 17.2. The Morgan fingerprint density at radius 2 is 2.00 bits per heavy atom. The molecule has 1 atom stereocenters.